The van der Waals surface area contributed by atoms with E-state index in [0.29, 0.717) is 0 Å². The zero-order chi connectivity index (χ0) is 10.4. The Bertz CT molecular complexity index is 515. The van der Waals surface area contributed by atoms with Crippen LogP contribution in [0, 0.1) is 6.92 Å². The summed E-state index contributed by atoms with van der Waals surface area (Å²) >= 11 is 0. The van der Waals surface area contributed by atoms with E-state index in [2.05, 4.69) is 10.1 Å². The predicted molar refractivity (Wildman–Crippen MR) is 57.7 cm³/mol. The van der Waals surface area contributed by atoms with Gasteiger partial charge in [0.2, 0.25) is 0 Å². The summed E-state index contributed by atoms with van der Waals surface area (Å²) in [4.78, 5) is 4.39. The summed E-state index contributed by atoms with van der Waals surface area (Å²) in [7, 11) is 0. The second-order valence-corrected chi connectivity index (χ2v) is 4.29. The second-order valence-electron chi connectivity index (χ2n) is 4.29. The summed E-state index contributed by atoms with van der Waals surface area (Å²) in [6, 6.07) is 2.29. The number of aryl methyl sites for hydroxylation is 2. The smallest absolute Gasteiger partial charge is 0.155 e. The van der Waals surface area contributed by atoms with E-state index in [1.165, 1.54) is 11.3 Å². The number of fused-ring (bicyclic) bond motifs is 3. The fourth-order valence-corrected chi connectivity index (χ4v) is 2.27. The van der Waals surface area contributed by atoms with Gasteiger partial charge in [-0.2, -0.15) is 5.10 Å². The lowest BCUT2D eigenvalue weighted by atomic mass is 9.93. The Balaban J connectivity index is 2.24. The first-order valence-corrected chi connectivity index (χ1v) is 5.33. The van der Waals surface area contributed by atoms with Gasteiger partial charge in [-0.05, 0) is 31.7 Å². The first-order valence-electron chi connectivity index (χ1n) is 5.33. The highest BCUT2D eigenvalue weighted by Gasteiger charge is 2.18. The molecule has 2 N–H and O–H groups in total. The molecule has 0 radical (unpaired) electrons. The van der Waals surface area contributed by atoms with Gasteiger partial charge in [-0.3, -0.25) is 0 Å². The summed E-state index contributed by atoms with van der Waals surface area (Å²) in [5, 5.41) is 4.46. The Morgan fingerprint density at radius 1 is 1.53 bits per heavy atom. The Kier molecular flexibility index (Phi) is 1.79. The van der Waals surface area contributed by atoms with E-state index in [1.807, 2.05) is 23.7 Å². The minimum absolute atomic E-state index is 0.286. The highest BCUT2D eigenvalue weighted by atomic mass is 15.3. The molecule has 15 heavy (non-hydrogen) atoms. The molecule has 0 saturated heterocycles. The normalized spacial score (nSPS) is 20.5. The molecule has 0 saturated carbocycles. The Morgan fingerprint density at radius 2 is 2.40 bits per heavy atom. The van der Waals surface area contributed by atoms with Crippen molar-refractivity contribution in [3.63, 3.8) is 0 Å². The molecule has 4 nitrogen and oxygen atoms in total. The van der Waals surface area contributed by atoms with E-state index < -0.39 is 0 Å². The number of nitrogens with zero attached hydrogens (tertiary/aromatic N) is 3. The maximum Gasteiger partial charge on any atom is 0.155 e. The fraction of sp³-hybridized carbons (Fsp3) is 0.455. The van der Waals surface area contributed by atoms with Crippen molar-refractivity contribution in [1.82, 2.24) is 14.6 Å². The van der Waals surface area contributed by atoms with Crippen molar-refractivity contribution >= 4 is 5.65 Å². The monoisotopic (exact) mass is 202 g/mol. The maximum absolute atomic E-state index is 5.94. The van der Waals surface area contributed by atoms with Gasteiger partial charge >= 0.3 is 0 Å². The van der Waals surface area contributed by atoms with Gasteiger partial charge in [0.25, 0.3) is 0 Å². The van der Waals surface area contributed by atoms with E-state index in [4.69, 9.17) is 5.73 Å². The van der Waals surface area contributed by atoms with Crippen LogP contribution in [-0.2, 0) is 12.8 Å². The third kappa shape index (κ3) is 1.33. The lowest BCUT2D eigenvalue weighted by Gasteiger charge is -2.21. The zero-order valence-electron chi connectivity index (χ0n) is 8.77. The number of aromatic nitrogens is 3. The third-order valence-corrected chi connectivity index (χ3v) is 3.03. The largest absolute Gasteiger partial charge is 0.327 e. The fourth-order valence-electron chi connectivity index (χ4n) is 2.27. The van der Waals surface area contributed by atoms with Gasteiger partial charge in [0, 0.05) is 24.0 Å². The number of rotatable bonds is 0. The van der Waals surface area contributed by atoms with Gasteiger partial charge in [-0.1, -0.05) is 0 Å². The van der Waals surface area contributed by atoms with Crippen LogP contribution in [0.4, 0.5) is 0 Å². The van der Waals surface area contributed by atoms with E-state index in [9.17, 15) is 0 Å². The predicted octanol–water partition coefficient (Wildman–Crippen LogP) is 0.854. The summed E-state index contributed by atoms with van der Waals surface area (Å²) in [5.41, 5.74) is 10.4. The van der Waals surface area contributed by atoms with Crippen LogP contribution in [0.25, 0.3) is 5.65 Å². The van der Waals surface area contributed by atoms with Crippen LogP contribution >= 0.6 is 0 Å². The van der Waals surface area contributed by atoms with Crippen molar-refractivity contribution in [3.05, 3.63) is 29.2 Å². The van der Waals surface area contributed by atoms with Crippen molar-refractivity contribution in [2.24, 2.45) is 5.73 Å². The van der Waals surface area contributed by atoms with Crippen LogP contribution in [0.5, 0.6) is 0 Å². The summed E-state index contributed by atoms with van der Waals surface area (Å²) in [6.45, 7) is 2.00. The van der Waals surface area contributed by atoms with Gasteiger partial charge in [0.05, 0.1) is 5.69 Å². The highest BCUT2D eigenvalue weighted by Crippen LogP contribution is 2.20. The van der Waals surface area contributed by atoms with E-state index in [-0.39, 0.29) is 6.04 Å². The molecule has 1 aliphatic rings. The van der Waals surface area contributed by atoms with Crippen LogP contribution in [0.3, 0.4) is 0 Å². The van der Waals surface area contributed by atoms with Crippen molar-refractivity contribution < 1.29 is 0 Å². The van der Waals surface area contributed by atoms with Crippen molar-refractivity contribution in [2.45, 2.75) is 32.2 Å². The lowest BCUT2D eigenvalue weighted by Crippen LogP contribution is -2.29. The highest BCUT2D eigenvalue weighted by molar-refractivity contribution is 5.42. The molecule has 0 unspecified atom stereocenters. The molecule has 0 aliphatic heterocycles. The van der Waals surface area contributed by atoms with Gasteiger partial charge in [0.1, 0.15) is 0 Å². The first kappa shape index (κ1) is 8.85. The van der Waals surface area contributed by atoms with Gasteiger partial charge in [-0.25, -0.2) is 9.50 Å². The van der Waals surface area contributed by atoms with Crippen LogP contribution in [0.1, 0.15) is 23.4 Å². The molecule has 0 bridgehead atoms. The molecule has 2 aromatic rings. The van der Waals surface area contributed by atoms with E-state index in [1.54, 1.807) is 0 Å². The molecule has 78 valence electrons. The number of hydrogen-bond acceptors (Lipinski definition) is 3. The molecule has 1 aliphatic carbocycles. The van der Waals surface area contributed by atoms with Crippen LogP contribution in [0.15, 0.2) is 12.3 Å². The Labute approximate surface area is 88.1 Å². The maximum atomic E-state index is 5.94. The Hall–Kier alpha value is -1.42. The van der Waals surface area contributed by atoms with Crippen molar-refractivity contribution in [3.8, 4) is 0 Å². The molecule has 4 heteroatoms. The summed E-state index contributed by atoms with van der Waals surface area (Å²) in [6.07, 6.45) is 4.93. The SMILES string of the molecule is Cc1cc2ncc3c(n2n1)CC[C@@H](N)C3. The molecule has 2 heterocycles. The molecule has 0 amide bonds. The molecule has 0 spiro atoms. The minimum Gasteiger partial charge on any atom is -0.327 e. The zero-order valence-corrected chi connectivity index (χ0v) is 8.77. The average molecular weight is 202 g/mol. The van der Waals surface area contributed by atoms with Crippen LogP contribution in [-0.4, -0.2) is 20.6 Å². The quantitative estimate of drug-likeness (QED) is 0.689. The van der Waals surface area contributed by atoms with Gasteiger partial charge < -0.3 is 5.73 Å². The third-order valence-electron chi connectivity index (χ3n) is 3.03. The summed E-state index contributed by atoms with van der Waals surface area (Å²) < 4.78 is 1.97. The lowest BCUT2D eigenvalue weighted by molar-refractivity contribution is 0.553. The average Bonchev–Trinajstić information content (AvgIpc) is 2.58. The van der Waals surface area contributed by atoms with E-state index >= 15 is 0 Å². The van der Waals surface area contributed by atoms with Crippen LogP contribution in [0.2, 0.25) is 0 Å². The molecule has 3 rings (SSSR count). The summed E-state index contributed by atoms with van der Waals surface area (Å²) in [5.74, 6) is 0. The second kappa shape index (κ2) is 3.03. The molecular weight excluding hydrogens is 188 g/mol. The standard InChI is InChI=1S/C11H14N4/c1-7-4-11-13-6-8-5-9(12)2-3-10(8)15(11)14-7/h4,6,9H,2-3,5,12H2,1H3/t9-/m1/s1. The number of nitrogens with two attached hydrogens (primary N) is 1. The molecule has 1 atom stereocenters. The Morgan fingerprint density at radius 3 is 3.27 bits per heavy atom. The molecular formula is C11H14N4. The first-order chi connectivity index (χ1) is 7.24. The molecule has 0 fully saturated rings. The minimum atomic E-state index is 0.286. The van der Waals surface area contributed by atoms with Crippen LogP contribution < -0.4 is 5.73 Å². The number of hydrogen-bond donors (Lipinski definition) is 1. The molecule has 2 aromatic heterocycles. The van der Waals surface area contributed by atoms with Crippen molar-refractivity contribution in [2.75, 3.05) is 0 Å². The van der Waals surface area contributed by atoms with Crippen molar-refractivity contribution in [1.29, 1.82) is 0 Å². The van der Waals surface area contributed by atoms with Gasteiger partial charge in [-0.15, -0.1) is 0 Å². The topological polar surface area (TPSA) is 56.2 Å². The molecule has 0 aromatic carbocycles. The van der Waals surface area contributed by atoms with E-state index in [0.717, 1.165) is 30.6 Å². The van der Waals surface area contributed by atoms with Gasteiger partial charge in [0.15, 0.2) is 5.65 Å².